The Morgan fingerprint density at radius 3 is 2.41 bits per heavy atom. The molecule has 2 N–H and O–H groups in total. The van der Waals surface area contributed by atoms with Crippen molar-refractivity contribution in [3.63, 3.8) is 0 Å². The van der Waals surface area contributed by atoms with Gasteiger partial charge in [-0.2, -0.15) is 0 Å². The molecule has 0 aromatic heterocycles. The quantitative estimate of drug-likeness (QED) is 0.177. The lowest BCUT2D eigenvalue weighted by Gasteiger charge is -2.31. The van der Waals surface area contributed by atoms with E-state index in [-0.39, 0.29) is 49.0 Å². The van der Waals surface area contributed by atoms with Crippen LogP contribution in [0.2, 0.25) is 0 Å². The highest BCUT2D eigenvalue weighted by molar-refractivity contribution is 5.66. The summed E-state index contributed by atoms with van der Waals surface area (Å²) in [4.78, 5) is 10.8. The third kappa shape index (κ3) is 11.5. The fraction of sp³-hybridized carbons (Fsp3) is 0.781. The Morgan fingerprint density at radius 1 is 1.05 bits per heavy atom. The number of aliphatic hydroxyl groups excluding tert-OH is 1. The molecule has 3 rings (SSSR count). The zero-order valence-electron chi connectivity index (χ0n) is 24.3. The first-order valence-electron chi connectivity index (χ1n) is 15.2. The number of ether oxygens (including phenoxy) is 4. The summed E-state index contributed by atoms with van der Waals surface area (Å²) in [5, 5.41) is 20.0. The van der Waals surface area contributed by atoms with Crippen molar-refractivity contribution in [2.75, 3.05) is 13.2 Å². The summed E-state index contributed by atoms with van der Waals surface area (Å²) in [5.41, 5.74) is 1.30. The van der Waals surface area contributed by atoms with E-state index in [2.05, 4.69) is 45.1 Å². The second-order valence-corrected chi connectivity index (χ2v) is 11.8. The van der Waals surface area contributed by atoms with E-state index in [4.69, 9.17) is 24.1 Å². The molecule has 3 unspecified atom stereocenters. The van der Waals surface area contributed by atoms with Crippen LogP contribution in [0.15, 0.2) is 36.0 Å². The second-order valence-electron chi connectivity index (χ2n) is 11.8. The zero-order valence-corrected chi connectivity index (χ0v) is 24.3. The summed E-state index contributed by atoms with van der Waals surface area (Å²) in [5.74, 6) is -0.436. The molecule has 7 nitrogen and oxygen atoms in total. The molecule has 0 aromatic carbocycles. The zero-order chi connectivity index (χ0) is 28.0. The number of hydrogen-bond acceptors (Lipinski definition) is 6. The van der Waals surface area contributed by atoms with Crippen LogP contribution in [0.25, 0.3) is 0 Å². The van der Waals surface area contributed by atoms with Crippen LogP contribution in [-0.4, -0.2) is 60.3 Å². The maximum absolute atomic E-state index is 11.1. The van der Waals surface area contributed by atoms with Crippen LogP contribution in [-0.2, 0) is 23.7 Å². The van der Waals surface area contributed by atoms with Crippen LogP contribution in [0.1, 0.15) is 97.8 Å². The van der Waals surface area contributed by atoms with Gasteiger partial charge in [-0.15, -0.1) is 0 Å². The number of carboxylic acid groups (broad SMARTS) is 1. The van der Waals surface area contributed by atoms with Gasteiger partial charge in [0.25, 0.3) is 0 Å². The van der Waals surface area contributed by atoms with Crippen molar-refractivity contribution >= 4 is 5.97 Å². The van der Waals surface area contributed by atoms with Crippen molar-refractivity contribution in [2.24, 2.45) is 17.8 Å². The van der Waals surface area contributed by atoms with E-state index in [9.17, 15) is 9.90 Å². The molecule has 0 amide bonds. The number of allylic oxidation sites excluding steroid dienone is 4. The number of hydrogen-bond donors (Lipinski definition) is 2. The standard InChI is InChI=1S/C32H52O7/c1-23(2)16-17-24(3)28(38-31-14-8-10-20-36-31)19-18-26-25(12-6-4-5-7-13-30(34)35)27(33)22-29(26)39-32-15-9-11-21-37-32/h4,6,16,18-19,24-29,31-33H,5,7-15,17,20-22H2,1-3H3,(H,34,35)/t24?,25-,26-,27+,28+,29-,31?,32?/m1/s1. The van der Waals surface area contributed by atoms with E-state index in [0.29, 0.717) is 12.8 Å². The fourth-order valence-corrected chi connectivity index (χ4v) is 5.74. The van der Waals surface area contributed by atoms with Gasteiger partial charge in [0.15, 0.2) is 12.6 Å². The average Bonchev–Trinajstić information content (AvgIpc) is 3.21. The number of rotatable bonds is 15. The van der Waals surface area contributed by atoms with Crippen LogP contribution < -0.4 is 0 Å². The number of aliphatic carboxylic acids is 1. The minimum Gasteiger partial charge on any atom is -0.481 e. The molecule has 0 radical (unpaired) electrons. The molecule has 2 heterocycles. The van der Waals surface area contributed by atoms with Crippen LogP contribution in [0.5, 0.6) is 0 Å². The maximum Gasteiger partial charge on any atom is 0.303 e. The molecule has 0 bridgehead atoms. The monoisotopic (exact) mass is 548 g/mol. The van der Waals surface area contributed by atoms with Crippen molar-refractivity contribution in [1.29, 1.82) is 0 Å². The summed E-state index contributed by atoms with van der Waals surface area (Å²) in [6.45, 7) is 7.94. The minimum atomic E-state index is -0.765. The van der Waals surface area contributed by atoms with E-state index < -0.39 is 12.1 Å². The van der Waals surface area contributed by atoms with Crippen molar-refractivity contribution in [3.05, 3.63) is 36.0 Å². The number of aliphatic hydroxyl groups is 1. The topological polar surface area (TPSA) is 94.5 Å². The molecular weight excluding hydrogens is 496 g/mol. The number of unbranched alkanes of at least 4 members (excludes halogenated alkanes) is 1. The Morgan fingerprint density at radius 2 is 1.77 bits per heavy atom. The summed E-state index contributed by atoms with van der Waals surface area (Å²) in [6.07, 6.45) is 19.7. The smallest absolute Gasteiger partial charge is 0.303 e. The highest BCUT2D eigenvalue weighted by Gasteiger charge is 2.42. The van der Waals surface area contributed by atoms with Crippen LogP contribution in [0, 0.1) is 17.8 Å². The largest absolute Gasteiger partial charge is 0.481 e. The van der Waals surface area contributed by atoms with Crippen molar-refractivity contribution in [1.82, 2.24) is 0 Å². The molecule has 0 spiro atoms. The van der Waals surface area contributed by atoms with E-state index in [1.165, 1.54) is 5.57 Å². The minimum absolute atomic E-state index is 0.0187. The van der Waals surface area contributed by atoms with Gasteiger partial charge in [0.1, 0.15) is 0 Å². The van der Waals surface area contributed by atoms with Gasteiger partial charge in [0.05, 0.1) is 18.3 Å². The van der Waals surface area contributed by atoms with Crippen LogP contribution in [0.4, 0.5) is 0 Å². The van der Waals surface area contributed by atoms with Gasteiger partial charge in [0.2, 0.25) is 0 Å². The van der Waals surface area contributed by atoms with Gasteiger partial charge in [-0.05, 0) is 89.9 Å². The molecule has 39 heavy (non-hydrogen) atoms. The molecule has 7 heteroatoms. The first-order chi connectivity index (χ1) is 18.8. The Balaban J connectivity index is 1.73. The van der Waals surface area contributed by atoms with E-state index in [1.54, 1.807) is 0 Å². The van der Waals surface area contributed by atoms with Crippen LogP contribution in [0.3, 0.4) is 0 Å². The van der Waals surface area contributed by atoms with Crippen LogP contribution >= 0.6 is 0 Å². The lowest BCUT2D eigenvalue weighted by atomic mass is 9.88. The summed E-state index contributed by atoms with van der Waals surface area (Å²) >= 11 is 0. The molecule has 2 aliphatic heterocycles. The second kappa shape index (κ2) is 17.3. The predicted molar refractivity (Wildman–Crippen MR) is 152 cm³/mol. The SMILES string of the molecule is CC(C)=CCC(C)[C@H](C=C[C@@H]1[C@@H](CC=CCCCC(=O)O)[C@@H](O)C[C@H]1OC1CCCCO1)OC1CCCCO1. The molecular formula is C32H52O7. The fourth-order valence-electron chi connectivity index (χ4n) is 5.74. The Bertz CT molecular complexity index is 790. The number of carboxylic acids is 1. The summed E-state index contributed by atoms with van der Waals surface area (Å²) in [7, 11) is 0. The first kappa shape index (κ1) is 32.0. The lowest BCUT2D eigenvalue weighted by Crippen LogP contribution is -2.32. The van der Waals surface area contributed by atoms with E-state index in [0.717, 1.165) is 71.0 Å². The third-order valence-electron chi connectivity index (χ3n) is 8.12. The summed E-state index contributed by atoms with van der Waals surface area (Å²) < 4.78 is 24.8. The van der Waals surface area contributed by atoms with Crippen molar-refractivity contribution < 1.29 is 34.0 Å². The molecule has 3 aliphatic rings. The molecule has 2 saturated heterocycles. The third-order valence-corrected chi connectivity index (χ3v) is 8.12. The average molecular weight is 549 g/mol. The van der Waals surface area contributed by atoms with Gasteiger partial charge < -0.3 is 29.2 Å². The van der Waals surface area contributed by atoms with E-state index >= 15 is 0 Å². The predicted octanol–water partition coefficient (Wildman–Crippen LogP) is 6.56. The normalized spacial score (nSPS) is 31.5. The van der Waals surface area contributed by atoms with E-state index in [1.807, 2.05) is 6.08 Å². The summed E-state index contributed by atoms with van der Waals surface area (Å²) in [6, 6.07) is 0. The van der Waals surface area contributed by atoms with Gasteiger partial charge in [0, 0.05) is 32.0 Å². The molecule has 222 valence electrons. The first-order valence-corrected chi connectivity index (χ1v) is 15.2. The van der Waals surface area contributed by atoms with Crippen molar-refractivity contribution in [3.8, 4) is 0 Å². The molecule has 1 saturated carbocycles. The molecule has 8 atom stereocenters. The molecule has 1 aliphatic carbocycles. The Labute approximate surface area is 235 Å². The highest BCUT2D eigenvalue weighted by Crippen LogP contribution is 2.40. The lowest BCUT2D eigenvalue weighted by molar-refractivity contribution is -0.193. The highest BCUT2D eigenvalue weighted by atomic mass is 16.7. The molecule has 0 aromatic rings. The molecule has 3 fully saturated rings. The van der Waals surface area contributed by atoms with Gasteiger partial charge in [-0.3, -0.25) is 4.79 Å². The van der Waals surface area contributed by atoms with Gasteiger partial charge in [-0.1, -0.05) is 42.9 Å². The van der Waals surface area contributed by atoms with Gasteiger partial charge in [-0.25, -0.2) is 0 Å². The maximum atomic E-state index is 11.1. The van der Waals surface area contributed by atoms with Gasteiger partial charge >= 0.3 is 5.97 Å². The number of carbonyl (C=O) groups is 1. The van der Waals surface area contributed by atoms with Crippen molar-refractivity contribution in [2.45, 2.75) is 129 Å². The Kier molecular flexibility index (Phi) is 14.2. The Hall–Kier alpha value is -1.51.